The Morgan fingerprint density at radius 3 is 2.90 bits per heavy atom. The minimum Gasteiger partial charge on any atom is -0.378 e. The van der Waals surface area contributed by atoms with Crippen molar-refractivity contribution in [3.05, 3.63) is 35.4 Å². The van der Waals surface area contributed by atoms with Crippen molar-refractivity contribution in [2.75, 3.05) is 33.4 Å². The first-order valence-electron chi connectivity index (χ1n) is 6.63. The van der Waals surface area contributed by atoms with E-state index in [0.717, 1.165) is 19.2 Å². The van der Waals surface area contributed by atoms with Crippen molar-refractivity contribution in [1.29, 1.82) is 0 Å². The van der Waals surface area contributed by atoms with Gasteiger partial charge in [0.2, 0.25) is 0 Å². The fraction of sp³-hybridized carbons (Fsp3) is 0.571. The largest absolute Gasteiger partial charge is 0.416 e. The lowest BCUT2D eigenvalue weighted by molar-refractivity contribution is -0.137. The third-order valence-corrected chi connectivity index (χ3v) is 3.43. The van der Waals surface area contributed by atoms with Crippen molar-refractivity contribution in [1.82, 2.24) is 10.2 Å². The van der Waals surface area contributed by atoms with Gasteiger partial charge in [-0.3, -0.25) is 4.90 Å². The molecule has 1 heterocycles. The number of nitrogens with zero attached hydrogens (tertiary/aromatic N) is 1. The Morgan fingerprint density at radius 2 is 2.20 bits per heavy atom. The van der Waals surface area contributed by atoms with Crippen LogP contribution in [0.1, 0.15) is 11.1 Å². The summed E-state index contributed by atoms with van der Waals surface area (Å²) in [6.45, 7) is 3.25. The molecule has 2 rings (SSSR count). The van der Waals surface area contributed by atoms with Crippen molar-refractivity contribution in [3.63, 3.8) is 0 Å². The summed E-state index contributed by atoms with van der Waals surface area (Å²) in [6, 6.07) is 5.73. The first-order valence-corrected chi connectivity index (χ1v) is 6.63. The van der Waals surface area contributed by atoms with Crippen LogP contribution in [0.3, 0.4) is 0 Å². The van der Waals surface area contributed by atoms with Gasteiger partial charge < -0.3 is 10.1 Å². The van der Waals surface area contributed by atoms with Crippen LogP contribution in [0, 0.1) is 0 Å². The van der Waals surface area contributed by atoms with Gasteiger partial charge in [0, 0.05) is 25.7 Å². The molecule has 0 amide bonds. The first-order chi connectivity index (χ1) is 9.50. The van der Waals surface area contributed by atoms with Crippen molar-refractivity contribution < 1.29 is 17.9 Å². The molecule has 0 saturated carbocycles. The zero-order valence-electron chi connectivity index (χ0n) is 11.4. The molecule has 6 heteroatoms. The van der Waals surface area contributed by atoms with Gasteiger partial charge in [-0.15, -0.1) is 0 Å². The van der Waals surface area contributed by atoms with Crippen LogP contribution in [-0.4, -0.2) is 44.3 Å². The fourth-order valence-electron chi connectivity index (χ4n) is 2.40. The summed E-state index contributed by atoms with van der Waals surface area (Å²) in [5.41, 5.74) is 0.0938. The molecule has 0 aliphatic carbocycles. The first kappa shape index (κ1) is 15.3. The molecule has 1 fully saturated rings. The molecule has 0 spiro atoms. The highest BCUT2D eigenvalue weighted by molar-refractivity contribution is 5.25. The molecule has 1 N–H and O–H groups in total. The minimum absolute atomic E-state index is 0.197. The van der Waals surface area contributed by atoms with Gasteiger partial charge in [0.15, 0.2) is 0 Å². The molecule has 1 saturated heterocycles. The number of hydrogen-bond donors (Lipinski definition) is 1. The van der Waals surface area contributed by atoms with E-state index >= 15 is 0 Å². The van der Waals surface area contributed by atoms with Gasteiger partial charge in [0.25, 0.3) is 0 Å². The summed E-state index contributed by atoms with van der Waals surface area (Å²) in [5.74, 6) is 0. The summed E-state index contributed by atoms with van der Waals surface area (Å²) in [7, 11) is 1.86. The number of rotatable bonds is 4. The molecule has 112 valence electrons. The van der Waals surface area contributed by atoms with E-state index in [2.05, 4.69) is 10.2 Å². The Hall–Kier alpha value is -1.11. The van der Waals surface area contributed by atoms with E-state index < -0.39 is 11.7 Å². The smallest absolute Gasteiger partial charge is 0.378 e. The molecular formula is C14H19F3N2O. The molecule has 20 heavy (non-hydrogen) atoms. The lowest BCUT2D eigenvalue weighted by Crippen LogP contribution is -2.49. The number of hydrogen-bond acceptors (Lipinski definition) is 3. The monoisotopic (exact) mass is 288 g/mol. The van der Waals surface area contributed by atoms with Gasteiger partial charge in [-0.2, -0.15) is 13.2 Å². The molecular weight excluding hydrogens is 269 g/mol. The van der Waals surface area contributed by atoms with E-state index in [9.17, 15) is 13.2 Å². The highest BCUT2D eigenvalue weighted by Gasteiger charge is 2.30. The van der Waals surface area contributed by atoms with E-state index in [4.69, 9.17) is 4.74 Å². The average molecular weight is 288 g/mol. The van der Waals surface area contributed by atoms with Gasteiger partial charge in [-0.25, -0.2) is 0 Å². The molecule has 1 aromatic rings. The molecule has 3 nitrogen and oxygen atoms in total. The topological polar surface area (TPSA) is 24.5 Å². The van der Waals surface area contributed by atoms with E-state index in [1.165, 1.54) is 12.1 Å². The third kappa shape index (κ3) is 3.94. The van der Waals surface area contributed by atoms with Crippen molar-refractivity contribution in [3.8, 4) is 0 Å². The zero-order chi connectivity index (χ0) is 14.6. The quantitative estimate of drug-likeness (QED) is 0.918. The molecule has 0 radical (unpaired) electrons. The molecule has 0 aromatic heterocycles. The molecule has 1 aliphatic heterocycles. The predicted octanol–water partition coefficient (Wildman–Crippen LogP) is 2.13. The zero-order valence-corrected chi connectivity index (χ0v) is 11.4. The number of likely N-dealkylation sites (N-methyl/N-ethyl adjacent to an activating group) is 1. The molecule has 1 aromatic carbocycles. The second-order valence-corrected chi connectivity index (χ2v) is 4.96. The lowest BCUT2D eigenvalue weighted by Gasteiger charge is -2.35. The Bertz CT molecular complexity index is 435. The Labute approximate surface area is 116 Å². The van der Waals surface area contributed by atoms with Crippen LogP contribution in [0.4, 0.5) is 13.2 Å². The van der Waals surface area contributed by atoms with Crippen LogP contribution in [0.25, 0.3) is 0 Å². The fourth-order valence-corrected chi connectivity index (χ4v) is 2.40. The number of nitrogens with one attached hydrogen (secondary N) is 1. The van der Waals surface area contributed by atoms with Gasteiger partial charge >= 0.3 is 6.18 Å². The summed E-state index contributed by atoms with van der Waals surface area (Å²) in [4.78, 5) is 2.16. The molecule has 1 aliphatic rings. The van der Waals surface area contributed by atoms with Crippen LogP contribution < -0.4 is 5.32 Å². The second kappa shape index (κ2) is 6.56. The summed E-state index contributed by atoms with van der Waals surface area (Å²) < 4.78 is 43.5. The maximum Gasteiger partial charge on any atom is 0.416 e. The maximum atomic E-state index is 12.7. The van der Waals surface area contributed by atoms with E-state index in [-0.39, 0.29) is 6.04 Å². The van der Waals surface area contributed by atoms with E-state index in [1.54, 1.807) is 6.07 Å². The number of morpholine rings is 1. The number of halogens is 3. The van der Waals surface area contributed by atoms with Crippen molar-refractivity contribution in [2.24, 2.45) is 0 Å². The Kier molecular flexibility index (Phi) is 5.01. The van der Waals surface area contributed by atoms with Gasteiger partial charge in [-0.05, 0) is 18.7 Å². The predicted molar refractivity (Wildman–Crippen MR) is 70.4 cm³/mol. The van der Waals surface area contributed by atoms with Crippen LogP contribution >= 0.6 is 0 Å². The van der Waals surface area contributed by atoms with Gasteiger partial charge in [0.1, 0.15) is 0 Å². The van der Waals surface area contributed by atoms with Gasteiger partial charge in [0.05, 0.1) is 18.8 Å². The standard InChI is InChI=1S/C14H19F3N2O/c1-18-8-13-10-20-6-5-19(13)9-11-3-2-4-12(7-11)14(15,16)17/h2-4,7,13,18H,5-6,8-10H2,1H3. The SMILES string of the molecule is CNCC1COCCN1Cc1cccc(C(F)(F)F)c1. The van der Waals surface area contributed by atoms with Crippen LogP contribution in [-0.2, 0) is 17.5 Å². The van der Waals surface area contributed by atoms with Crippen LogP contribution in [0.5, 0.6) is 0 Å². The Morgan fingerprint density at radius 1 is 1.40 bits per heavy atom. The number of ether oxygens (including phenoxy) is 1. The van der Waals surface area contributed by atoms with Crippen LogP contribution in [0.2, 0.25) is 0 Å². The number of alkyl halides is 3. The van der Waals surface area contributed by atoms with Crippen molar-refractivity contribution in [2.45, 2.75) is 18.8 Å². The summed E-state index contributed by atoms with van der Waals surface area (Å²) >= 11 is 0. The number of benzene rings is 1. The highest BCUT2D eigenvalue weighted by Crippen LogP contribution is 2.29. The average Bonchev–Trinajstić information content (AvgIpc) is 2.41. The lowest BCUT2D eigenvalue weighted by atomic mass is 10.1. The normalized spacial score (nSPS) is 21.1. The molecule has 1 atom stereocenters. The van der Waals surface area contributed by atoms with Gasteiger partial charge in [-0.1, -0.05) is 18.2 Å². The van der Waals surface area contributed by atoms with Crippen molar-refractivity contribution >= 4 is 0 Å². The van der Waals surface area contributed by atoms with E-state index in [0.29, 0.717) is 25.3 Å². The second-order valence-electron chi connectivity index (χ2n) is 4.96. The molecule has 1 unspecified atom stereocenters. The minimum atomic E-state index is -4.29. The Balaban J connectivity index is 2.08. The molecule has 0 bridgehead atoms. The summed E-state index contributed by atoms with van der Waals surface area (Å²) in [5, 5.41) is 3.09. The maximum absolute atomic E-state index is 12.7. The third-order valence-electron chi connectivity index (χ3n) is 3.43. The summed E-state index contributed by atoms with van der Waals surface area (Å²) in [6.07, 6.45) is -4.29. The highest BCUT2D eigenvalue weighted by atomic mass is 19.4. The van der Waals surface area contributed by atoms with E-state index in [1.807, 2.05) is 7.05 Å². The van der Waals surface area contributed by atoms with Crippen LogP contribution in [0.15, 0.2) is 24.3 Å².